The average molecular weight is 245 g/mol. The molecule has 0 aromatic carbocycles. The average Bonchev–Trinajstić information content (AvgIpc) is 2.12. The topological polar surface area (TPSA) is 55.8 Å². The summed E-state index contributed by atoms with van der Waals surface area (Å²) in [5.41, 5.74) is -0.473. The van der Waals surface area contributed by atoms with Crippen molar-refractivity contribution in [2.45, 2.75) is 39.7 Å². The van der Waals surface area contributed by atoms with Gasteiger partial charge >= 0.3 is 11.9 Å². The zero-order chi connectivity index (χ0) is 13.5. The second-order valence-electron chi connectivity index (χ2n) is 4.88. The third-order valence-electron chi connectivity index (χ3n) is 1.82. The lowest BCUT2D eigenvalue weighted by Gasteiger charge is -2.22. The van der Waals surface area contributed by atoms with Crippen LogP contribution in [0.4, 0.5) is 0 Å². The van der Waals surface area contributed by atoms with E-state index in [1.165, 1.54) is 0 Å². The number of likely N-dealkylation sites (N-methyl/N-ethyl adjacent to an activating group) is 1. The molecule has 0 bridgehead atoms. The Kier molecular flexibility index (Phi) is 6.80. The molecule has 17 heavy (non-hydrogen) atoms. The highest BCUT2D eigenvalue weighted by Gasteiger charge is 2.17. The van der Waals surface area contributed by atoms with Crippen LogP contribution in [0.3, 0.4) is 0 Å². The van der Waals surface area contributed by atoms with Crippen LogP contribution in [0.2, 0.25) is 0 Å². The first-order chi connectivity index (χ1) is 7.74. The molecule has 0 aliphatic heterocycles. The highest BCUT2D eigenvalue weighted by Crippen LogP contribution is 2.07. The summed E-state index contributed by atoms with van der Waals surface area (Å²) in [5, 5.41) is 0. The zero-order valence-electron chi connectivity index (χ0n) is 11.4. The van der Waals surface area contributed by atoms with Crippen molar-refractivity contribution in [2.24, 2.45) is 0 Å². The molecule has 0 saturated heterocycles. The molecule has 0 fully saturated rings. The summed E-state index contributed by atoms with van der Waals surface area (Å²) in [6.07, 6.45) is 0.285. The normalized spacial score (nSPS) is 11.4. The first-order valence-electron chi connectivity index (χ1n) is 5.80. The molecule has 0 atom stereocenters. The highest BCUT2D eigenvalue weighted by molar-refractivity contribution is 5.72. The lowest BCUT2D eigenvalue weighted by atomic mass is 10.2. The van der Waals surface area contributed by atoms with Gasteiger partial charge < -0.3 is 9.47 Å². The maximum absolute atomic E-state index is 11.5. The van der Waals surface area contributed by atoms with Crippen LogP contribution in [-0.4, -0.2) is 49.2 Å². The first kappa shape index (κ1) is 15.9. The van der Waals surface area contributed by atoms with Crippen molar-refractivity contribution in [3.05, 3.63) is 0 Å². The Labute approximate surface area is 103 Å². The number of hydrogen-bond acceptors (Lipinski definition) is 5. The Morgan fingerprint density at radius 2 is 1.76 bits per heavy atom. The van der Waals surface area contributed by atoms with E-state index in [0.29, 0.717) is 13.2 Å². The molecule has 0 rings (SSSR count). The van der Waals surface area contributed by atoms with Crippen molar-refractivity contribution in [2.75, 3.05) is 26.7 Å². The van der Waals surface area contributed by atoms with Gasteiger partial charge in [-0.25, -0.2) is 0 Å². The molecule has 0 amide bonds. The standard InChI is InChI=1S/C12H23NO4/c1-6-16-10(14)7-8-13(5)9-11(15)17-12(2,3)4/h6-9H2,1-5H3. The van der Waals surface area contributed by atoms with Crippen molar-refractivity contribution >= 4 is 11.9 Å². The van der Waals surface area contributed by atoms with Gasteiger partial charge in [0.15, 0.2) is 0 Å². The van der Waals surface area contributed by atoms with Gasteiger partial charge in [0.1, 0.15) is 5.60 Å². The molecule has 5 heteroatoms. The summed E-state index contributed by atoms with van der Waals surface area (Å²) in [4.78, 5) is 24.3. The molecule has 0 aliphatic carbocycles. The number of esters is 2. The van der Waals surface area contributed by atoms with Crippen LogP contribution in [0.15, 0.2) is 0 Å². The number of rotatable bonds is 6. The molecular weight excluding hydrogens is 222 g/mol. The molecule has 100 valence electrons. The Bertz CT molecular complexity index is 258. The van der Waals surface area contributed by atoms with Crippen LogP contribution in [0.25, 0.3) is 0 Å². The fourth-order valence-electron chi connectivity index (χ4n) is 1.19. The van der Waals surface area contributed by atoms with E-state index in [9.17, 15) is 9.59 Å². The van der Waals surface area contributed by atoms with Crippen LogP contribution < -0.4 is 0 Å². The number of ether oxygens (including phenoxy) is 2. The van der Waals surface area contributed by atoms with Crippen molar-refractivity contribution in [3.63, 3.8) is 0 Å². The minimum atomic E-state index is -0.473. The van der Waals surface area contributed by atoms with Crippen LogP contribution in [-0.2, 0) is 19.1 Å². The van der Waals surface area contributed by atoms with Crippen molar-refractivity contribution in [1.29, 1.82) is 0 Å². The summed E-state index contributed by atoms with van der Waals surface area (Å²) in [7, 11) is 1.77. The lowest BCUT2D eigenvalue weighted by Crippen LogP contribution is -2.33. The third kappa shape index (κ3) is 9.81. The van der Waals surface area contributed by atoms with Gasteiger partial charge in [-0.05, 0) is 34.7 Å². The predicted molar refractivity (Wildman–Crippen MR) is 64.6 cm³/mol. The van der Waals surface area contributed by atoms with E-state index in [1.54, 1.807) is 18.9 Å². The molecule has 0 aliphatic rings. The summed E-state index contributed by atoms with van der Waals surface area (Å²) in [5.74, 6) is -0.535. The predicted octanol–water partition coefficient (Wildman–Crippen LogP) is 1.21. The van der Waals surface area contributed by atoms with E-state index in [-0.39, 0.29) is 24.9 Å². The largest absolute Gasteiger partial charge is 0.466 e. The molecule has 0 aromatic rings. The molecule has 0 N–H and O–H groups in total. The first-order valence-corrected chi connectivity index (χ1v) is 5.80. The second-order valence-corrected chi connectivity index (χ2v) is 4.88. The van der Waals surface area contributed by atoms with Gasteiger partial charge in [-0.3, -0.25) is 14.5 Å². The zero-order valence-corrected chi connectivity index (χ0v) is 11.4. The Balaban J connectivity index is 3.82. The fraction of sp³-hybridized carbons (Fsp3) is 0.833. The maximum atomic E-state index is 11.5. The van der Waals surface area contributed by atoms with Crippen LogP contribution >= 0.6 is 0 Å². The van der Waals surface area contributed by atoms with Gasteiger partial charge in [0.25, 0.3) is 0 Å². The van der Waals surface area contributed by atoms with Gasteiger partial charge in [-0.2, -0.15) is 0 Å². The van der Waals surface area contributed by atoms with Gasteiger partial charge in [-0.15, -0.1) is 0 Å². The van der Waals surface area contributed by atoms with E-state index >= 15 is 0 Å². The highest BCUT2D eigenvalue weighted by atomic mass is 16.6. The molecule has 0 unspecified atom stereocenters. The maximum Gasteiger partial charge on any atom is 0.320 e. The van der Waals surface area contributed by atoms with Crippen molar-refractivity contribution < 1.29 is 19.1 Å². The molecule has 5 nitrogen and oxygen atoms in total. The van der Waals surface area contributed by atoms with E-state index < -0.39 is 5.60 Å². The molecule has 0 radical (unpaired) electrons. The fourth-order valence-corrected chi connectivity index (χ4v) is 1.19. The summed E-state index contributed by atoms with van der Waals surface area (Å²) in [6, 6.07) is 0. The van der Waals surface area contributed by atoms with E-state index in [0.717, 1.165) is 0 Å². The van der Waals surface area contributed by atoms with Crippen LogP contribution in [0.1, 0.15) is 34.1 Å². The van der Waals surface area contributed by atoms with E-state index in [2.05, 4.69) is 0 Å². The number of carbonyl (C=O) groups excluding carboxylic acids is 2. The second kappa shape index (κ2) is 7.27. The number of carbonyl (C=O) groups is 2. The van der Waals surface area contributed by atoms with Crippen molar-refractivity contribution in [3.8, 4) is 0 Å². The monoisotopic (exact) mass is 245 g/mol. The molecular formula is C12H23NO4. The number of hydrogen-bond donors (Lipinski definition) is 0. The van der Waals surface area contributed by atoms with Gasteiger partial charge in [0.2, 0.25) is 0 Å². The summed E-state index contributed by atoms with van der Waals surface area (Å²) < 4.78 is 9.96. The molecule has 0 heterocycles. The SMILES string of the molecule is CCOC(=O)CCN(C)CC(=O)OC(C)(C)C. The van der Waals surface area contributed by atoms with Gasteiger partial charge in [0, 0.05) is 6.54 Å². The Morgan fingerprint density at radius 3 is 2.24 bits per heavy atom. The third-order valence-corrected chi connectivity index (χ3v) is 1.82. The quantitative estimate of drug-likeness (QED) is 0.658. The minimum Gasteiger partial charge on any atom is -0.466 e. The molecule has 0 aromatic heterocycles. The Hall–Kier alpha value is -1.10. The lowest BCUT2D eigenvalue weighted by molar-refractivity contribution is -0.156. The van der Waals surface area contributed by atoms with Gasteiger partial charge in [-0.1, -0.05) is 0 Å². The van der Waals surface area contributed by atoms with Crippen LogP contribution in [0.5, 0.6) is 0 Å². The van der Waals surface area contributed by atoms with E-state index in [1.807, 2.05) is 20.8 Å². The molecule has 0 spiro atoms. The Morgan fingerprint density at radius 1 is 1.18 bits per heavy atom. The minimum absolute atomic E-state index is 0.177. The van der Waals surface area contributed by atoms with Crippen LogP contribution in [0, 0.1) is 0 Å². The number of nitrogens with zero attached hydrogens (tertiary/aromatic N) is 1. The molecule has 0 saturated carbocycles. The summed E-state index contributed by atoms with van der Waals surface area (Å²) in [6.45, 7) is 8.28. The summed E-state index contributed by atoms with van der Waals surface area (Å²) >= 11 is 0. The smallest absolute Gasteiger partial charge is 0.320 e. The van der Waals surface area contributed by atoms with E-state index in [4.69, 9.17) is 9.47 Å². The van der Waals surface area contributed by atoms with Crippen molar-refractivity contribution in [1.82, 2.24) is 4.90 Å². The van der Waals surface area contributed by atoms with Gasteiger partial charge in [0.05, 0.1) is 19.6 Å².